The molecule has 1 aromatic carbocycles. The Morgan fingerprint density at radius 1 is 1.07 bits per heavy atom. The number of sulfonamides is 1. The Hall–Kier alpha value is -2.71. The summed E-state index contributed by atoms with van der Waals surface area (Å²) in [4.78, 5) is 12.3. The van der Waals surface area contributed by atoms with Gasteiger partial charge in [0.05, 0.1) is 11.4 Å². The van der Waals surface area contributed by atoms with Gasteiger partial charge >= 0.3 is 0 Å². The number of nitrogens with zero attached hydrogens (tertiary/aromatic N) is 3. The number of hydrogen-bond acceptors (Lipinski definition) is 5. The fourth-order valence-corrected chi connectivity index (χ4v) is 4.28. The zero-order valence-electron chi connectivity index (χ0n) is 15.2. The van der Waals surface area contributed by atoms with Crippen LogP contribution in [0.1, 0.15) is 19.5 Å². The molecular weight excluding hydrogens is 366 g/mol. The third-order valence-electron chi connectivity index (χ3n) is 4.25. The minimum atomic E-state index is -3.64. The molecule has 142 valence electrons. The third-order valence-corrected chi connectivity index (χ3v) is 6.28. The largest absolute Gasteiger partial charge is 0.356 e. The van der Waals surface area contributed by atoms with Crippen molar-refractivity contribution in [1.82, 2.24) is 14.0 Å². The van der Waals surface area contributed by atoms with Gasteiger partial charge in [0, 0.05) is 37.0 Å². The summed E-state index contributed by atoms with van der Waals surface area (Å²) in [5.41, 5.74) is 1.10. The molecule has 0 saturated heterocycles. The molecule has 0 radical (unpaired) electrons. The Kier molecular flexibility index (Phi) is 5.57. The fourth-order valence-electron chi connectivity index (χ4n) is 2.80. The minimum absolute atomic E-state index is 0.0811. The molecule has 0 saturated carbocycles. The third kappa shape index (κ3) is 4.01. The van der Waals surface area contributed by atoms with Crippen molar-refractivity contribution >= 4 is 10.0 Å². The molecule has 2 heterocycles. The maximum absolute atomic E-state index is 12.7. The van der Waals surface area contributed by atoms with Gasteiger partial charge in [-0.15, -0.1) is 0 Å². The van der Waals surface area contributed by atoms with Gasteiger partial charge in [0.25, 0.3) is 5.56 Å². The molecule has 0 atom stereocenters. The maximum Gasteiger partial charge on any atom is 0.250 e. The standard InChI is InChI=1S/C19H21N3O4S/c1-3-22(4-2)27(24,25)17-10-11-19(23)21(14-17)13-16-12-18(26-20-16)15-8-6-5-7-9-15/h5-12,14H,3-4,13H2,1-2H3. The highest BCUT2D eigenvalue weighted by Gasteiger charge is 2.22. The van der Waals surface area contributed by atoms with Crippen molar-refractivity contribution < 1.29 is 12.9 Å². The lowest BCUT2D eigenvalue weighted by atomic mass is 10.2. The molecule has 0 aliphatic rings. The van der Waals surface area contributed by atoms with E-state index in [-0.39, 0.29) is 17.0 Å². The van der Waals surface area contributed by atoms with Gasteiger partial charge in [-0.3, -0.25) is 4.79 Å². The molecule has 0 aliphatic heterocycles. The van der Waals surface area contributed by atoms with Crippen molar-refractivity contribution in [3.05, 3.63) is 70.8 Å². The van der Waals surface area contributed by atoms with Crippen LogP contribution in [0.3, 0.4) is 0 Å². The van der Waals surface area contributed by atoms with Gasteiger partial charge in [-0.1, -0.05) is 49.3 Å². The van der Waals surface area contributed by atoms with Crippen molar-refractivity contribution in [3.8, 4) is 11.3 Å². The summed E-state index contributed by atoms with van der Waals surface area (Å²) < 4.78 is 33.4. The minimum Gasteiger partial charge on any atom is -0.356 e. The van der Waals surface area contributed by atoms with Crippen molar-refractivity contribution in [2.24, 2.45) is 0 Å². The Balaban J connectivity index is 1.90. The monoisotopic (exact) mass is 387 g/mol. The van der Waals surface area contributed by atoms with Gasteiger partial charge in [0.2, 0.25) is 10.0 Å². The Bertz CT molecular complexity index is 1070. The highest BCUT2D eigenvalue weighted by Crippen LogP contribution is 2.20. The van der Waals surface area contributed by atoms with Crippen LogP contribution in [0.15, 0.2) is 68.9 Å². The van der Waals surface area contributed by atoms with Crippen molar-refractivity contribution in [3.63, 3.8) is 0 Å². The zero-order chi connectivity index (χ0) is 19.4. The van der Waals surface area contributed by atoms with Crippen molar-refractivity contribution in [2.75, 3.05) is 13.1 Å². The number of benzene rings is 1. The van der Waals surface area contributed by atoms with Crippen LogP contribution in [0.5, 0.6) is 0 Å². The van der Waals surface area contributed by atoms with Crippen LogP contribution in [-0.4, -0.2) is 35.5 Å². The van der Waals surface area contributed by atoms with E-state index in [9.17, 15) is 13.2 Å². The van der Waals surface area contributed by atoms with Crippen LogP contribution >= 0.6 is 0 Å². The first-order valence-electron chi connectivity index (χ1n) is 8.67. The van der Waals surface area contributed by atoms with E-state index in [4.69, 9.17) is 4.52 Å². The summed E-state index contributed by atoms with van der Waals surface area (Å²) in [6, 6.07) is 13.8. The summed E-state index contributed by atoms with van der Waals surface area (Å²) in [5, 5.41) is 3.99. The first kappa shape index (κ1) is 19.1. The van der Waals surface area contributed by atoms with Crippen LogP contribution in [0.25, 0.3) is 11.3 Å². The molecule has 0 aliphatic carbocycles. The average molecular weight is 387 g/mol. The second-order valence-electron chi connectivity index (χ2n) is 5.97. The van der Waals surface area contributed by atoms with Crippen LogP contribution < -0.4 is 5.56 Å². The van der Waals surface area contributed by atoms with E-state index in [0.717, 1.165) is 5.56 Å². The van der Waals surface area contributed by atoms with E-state index in [2.05, 4.69) is 5.16 Å². The number of hydrogen-bond donors (Lipinski definition) is 0. The fraction of sp³-hybridized carbons (Fsp3) is 0.263. The van der Waals surface area contributed by atoms with Crippen LogP contribution in [-0.2, 0) is 16.6 Å². The van der Waals surface area contributed by atoms with Gasteiger partial charge < -0.3 is 9.09 Å². The molecular formula is C19H21N3O4S. The average Bonchev–Trinajstić information content (AvgIpc) is 3.13. The van der Waals surface area contributed by atoms with E-state index < -0.39 is 10.0 Å². The summed E-state index contributed by atoms with van der Waals surface area (Å²) in [6.07, 6.45) is 1.35. The first-order valence-corrected chi connectivity index (χ1v) is 10.1. The molecule has 2 aromatic heterocycles. The lowest BCUT2D eigenvalue weighted by Crippen LogP contribution is -2.32. The van der Waals surface area contributed by atoms with Crippen LogP contribution in [0.2, 0.25) is 0 Å². The van der Waals surface area contributed by atoms with Crippen LogP contribution in [0, 0.1) is 0 Å². The summed E-state index contributed by atoms with van der Waals surface area (Å²) >= 11 is 0. The molecule has 0 N–H and O–H groups in total. The molecule has 7 nitrogen and oxygen atoms in total. The maximum atomic E-state index is 12.7. The predicted molar refractivity (Wildman–Crippen MR) is 102 cm³/mol. The number of aromatic nitrogens is 2. The molecule has 8 heteroatoms. The van der Waals surface area contributed by atoms with E-state index >= 15 is 0 Å². The van der Waals surface area contributed by atoms with E-state index in [1.807, 2.05) is 30.3 Å². The predicted octanol–water partition coefficient (Wildman–Crippen LogP) is 2.58. The van der Waals surface area contributed by atoms with E-state index in [0.29, 0.717) is 24.5 Å². The molecule has 0 spiro atoms. The Labute approximate surface area is 157 Å². The number of rotatable bonds is 7. The molecule has 27 heavy (non-hydrogen) atoms. The normalized spacial score (nSPS) is 11.8. The Morgan fingerprint density at radius 3 is 2.44 bits per heavy atom. The Morgan fingerprint density at radius 2 is 1.78 bits per heavy atom. The quantitative estimate of drug-likeness (QED) is 0.622. The van der Waals surface area contributed by atoms with E-state index in [1.54, 1.807) is 19.9 Å². The van der Waals surface area contributed by atoms with Gasteiger partial charge in [0.15, 0.2) is 5.76 Å². The molecule has 3 rings (SSSR count). The molecule has 0 amide bonds. The van der Waals surface area contributed by atoms with Gasteiger partial charge in [-0.25, -0.2) is 8.42 Å². The summed E-state index contributed by atoms with van der Waals surface area (Å²) in [6.45, 7) is 4.40. The highest BCUT2D eigenvalue weighted by molar-refractivity contribution is 7.89. The second-order valence-corrected chi connectivity index (χ2v) is 7.91. The number of pyridine rings is 1. The topological polar surface area (TPSA) is 85.4 Å². The molecule has 0 unspecified atom stereocenters. The molecule has 0 fully saturated rings. The molecule has 3 aromatic rings. The first-order chi connectivity index (χ1) is 13.0. The van der Waals surface area contributed by atoms with Gasteiger partial charge in [0.1, 0.15) is 5.69 Å². The molecule has 0 bridgehead atoms. The van der Waals surface area contributed by atoms with Gasteiger partial charge in [-0.05, 0) is 6.07 Å². The summed E-state index contributed by atoms with van der Waals surface area (Å²) in [7, 11) is -3.64. The lowest BCUT2D eigenvalue weighted by molar-refractivity contribution is 0.420. The van der Waals surface area contributed by atoms with Gasteiger partial charge in [-0.2, -0.15) is 4.31 Å². The van der Waals surface area contributed by atoms with Crippen LogP contribution in [0.4, 0.5) is 0 Å². The van der Waals surface area contributed by atoms with E-state index in [1.165, 1.54) is 27.2 Å². The smallest absolute Gasteiger partial charge is 0.250 e. The summed E-state index contributed by atoms with van der Waals surface area (Å²) in [5.74, 6) is 0.588. The zero-order valence-corrected chi connectivity index (χ0v) is 16.0. The SMILES string of the molecule is CCN(CC)S(=O)(=O)c1ccc(=O)n(Cc2cc(-c3ccccc3)on2)c1. The van der Waals surface area contributed by atoms with Crippen molar-refractivity contribution in [2.45, 2.75) is 25.3 Å². The van der Waals surface area contributed by atoms with Crippen molar-refractivity contribution in [1.29, 1.82) is 0 Å². The lowest BCUT2D eigenvalue weighted by Gasteiger charge is -2.18. The second kappa shape index (κ2) is 7.89. The highest BCUT2D eigenvalue weighted by atomic mass is 32.2.